The zero-order chi connectivity index (χ0) is 21.1. The highest BCUT2D eigenvalue weighted by Crippen LogP contribution is 2.39. The third-order valence-electron chi connectivity index (χ3n) is 4.65. The quantitative estimate of drug-likeness (QED) is 0.250. The molecule has 0 saturated heterocycles. The monoisotopic (exact) mass is 400 g/mol. The lowest BCUT2D eigenvalue weighted by atomic mass is 9.99. The Hall–Kier alpha value is -4.46. The molecule has 0 unspecified atom stereocenters. The Morgan fingerprint density at radius 2 is 1.67 bits per heavy atom. The molecule has 2 amide bonds. The summed E-state index contributed by atoms with van der Waals surface area (Å²) in [6.45, 7) is 0. The first kappa shape index (κ1) is 18.9. The molecule has 1 aliphatic rings. The van der Waals surface area contributed by atoms with E-state index >= 15 is 0 Å². The van der Waals surface area contributed by atoms with Crippen LogP contribution in [0.3, 0.4) is 0 Å². The summed E-state index contributed by atoms with van der Waals surface area (Å²) < 4.78 is 0. The standard InChI is InChI=1S/C22H16N4O4/c27-13-23-15-6-8-16(9-7-15)24-21(14-4-2-1-3-5-14)20-18-12-17(26(29)30)10-11-19(18)25-22(20)28/h1-13,24H,(H,23,27)(H,25,28). The van der Waals surface area contributed by atoms with Crippen LogP contribution in [0.15, 0.2) is 72.8 Å². The minimum Gasteiger partial charge on any atom is -0.354 e. The van der Waals surface area contributed by atoms with Crippen LogP contribution in [0.5, 0.6) is 0 Å². The van der Waals surface area contributed by atoms with Gasteiger partial charge in [0.05, 0.1) is 16.2 Å². The van der Waals surface area contributed by atoms with Gasteiger partial charge in [-0.25, -0.2) is 0 Å². The topological polar surface area (TPSA) is 113 Å². The van der Waals surface area contributed by atoms with Crippen LogP contribution in [0, 0.1) is 10.1 Å². The number of anilines is 3. The van der Waals surface area contributed by atoms with Crippen molar-refractivity contribution in [2.24, 2.45) is 0 Å². The zero-order valence-corrected chi connectivity index (χ0v) is 15.6. The third kappa shape index (κ3) is 3.61. The largest absolute Gasteiger partial charge is 0.354 e. The molecular weight excluding hydrogens is 384 g/mol. The summed E-state index contributed by atoms with van der Waals surface area (Å²) in [7, 11) is 0. The maximum absolute atomic E-state index is 12.8. The van der Waals surface area contributed by atoms with Crippen molar-refractivity contribution in [1.82, 2.24) is 0 Å². The van der Waals surface area contributed by atoms with E-state index in [0.29, 0.717) is 40.3 Å². The van der Waals surface area contributed by atoms with E-state index in [4.69, 9.17) is 0 Å². The lowest BCUT2D eigenvalue weighted by Crippen LogP contribution is -2.10. The van der Waals surface area contributed by atoms with E-state index in [0.717, 1.165) is 5.56 Å². The van der Waals surface area contributed by atoms with Gasteiger partial charge in [-0.1, -0.05) is 30.3 Å². The van der Waals surface area contributed by atoms with Crippen molar-refractivity contribution in [2.75, 3.05) is 16.0 Å². The predicted octanol–water partition coefficient (Wildman–Crippen LogP) is 4.10. The minimum atomic E-state index is -0.491. The van der Waals surface area contributed by atoms with Crippen molar-refractivity contribution in [1.29, 1.82) is 0 Å². The van der Waals surface area contributed by atoms with E-state index in [-0.39, 0.29) is 11.6 Å². The molecule has 1 heterocycles. The van der Waals surface area contributed by atoms with Crippen LogP contribution >= 0.6 is 0 Å². The van der Waals surface area contributed by atoms with E-state index < -0.39 is 4.92 Å². The summed E-state index contributed by atoms with van der Waals surface area (Å²) in [5, 5.41) is 19.8. The van der Waals surface area contributed by atoms with E-state index in [1.165, 1.54) is 18.2 Å². The SMILES string of the molecule is O=CNc1ccc(NC(=C2C(=O)Nc3ccc([N+](=O)[O-])cc32)c2ccccc2)cc1. The molecule has 148 valence electrons. The number of benzene rings is 3. The second kappa shape index (κ2) is 7.88. The molecule has 4 rings (SSSR count). The van der Waals surface area contributed by atoms with Crippen LogP contribution < -0.4 is 16.0 Å². The van der Waals surface area contributed by atoms with Gasteiger partial charge < -0.3 is 16.0 Å². The number of amides is 2. The van der Waals surface area contributed by atoms with Crippen LogP contribution in [-0.4, -0.2) is 17.2 Å². The summed E-state index contributed by atoms with van der Waals surface area (Å²) in [5.41, 5.74) is 3.77. The van der Waals surface area contributed by atoms with Crippen LogP contribution in [-0.2, 0) is 9.59 Å². The lowest BCUT2D eigenvalue weighted by Gasteiger charge is -2.15. The molecule has 8 nitrogen and oxygen atoms in total. The molecule has 30 heavy (non-hydrogen) atoms. The lowest BCUT2D eigenvalue weighted by molar-refractivity contribution is -0.384. The van der Waals surface area contributed by atoms with Crippen LogP contribution in [0.4, 0.5) is 22.7 Å². The van der Waals surface area contributed by atoms with Gasteiger partial charge >= 0.3 is 0 Å². The summed E-state index contributed by atoms with van der Waals surface area (Å²) >= 11 is 0. The maximum atomic E-state index is 12.8. The number of hydrogen-bond donors (Lipinski definition) is 3. The van der Waals surface area contributed by atoms with Gasteiger partial charge in [0.15, 0.2) is 0 Å². The minimum absolute atomic E-state index is 0.0977. The molecule has 3 N–H and O–H groups in total. The van der Waals surface area contributed by atoms with Gasteiger partial charge in [-0.15, -0.1) is 0 Å². The summed E-state index contributed by atoms with van der Waals surface area (Å²) in [6.07, 6.45) is 0.590. The van der Waals surface area contributed by atoms with E-state index in [2.05, 4.69) is 16.0 Å². The van der Waals surface area contributed by atoms with Gasteiger partial charge in [-0.05, 0) is 35.9 Å². The fourth-order valence-corrected chi connectivity index (χ4v) is 3.26. The average Bonchev–Trinajstić information content (AvgIpc) is 3.09. The van der Waals surface area contributed by atoms with Gasteiger partial charge in [-0.3, -0.25) is 19.7 Å². The Morgan fingerprint density at radius 1 is 0.967 bits per heavy atom. The van der Waals surface area contributed by atoms with Crippen LogP contribution in [0.1, 0.15) is 11.1 Å². The molecule has 1 aliphatic heterocycles. The summed E-state index contributed by atoms with van der Waals surface area (Å²) in [5.74, 6) is -0.351. The van der Waals surface area contributed by atoms with Crippen molar-refractivity contribution >= 4 is 46.3 Å². The number of nitrogens with one attached hydrogen (secondary N) is 3. The Kier molecular flexibility index (Phi) is 4.96. The highest BCUT2D eigenvalue weighted by Gasteiger charge is 2.30. The molecule has 3 aromatic rings. The molecule has 0 atom stereocenters. The zero-order valence-electron chi connectivity index (χ0n) is 15.6. The number of non-ortho nitro benzene ring substituents is 1. The van der Waals surface area contributed by atoms with Crippen molar-refractivity contribution in [2.45, 2.75) is 0 Å². The van der Waals surface area contributed by atoms with Gasteiger partial charge in [-0.2, -0.15) is 0 Å². The molecule has 0 radical (unpaired) electrons. The second-order valence-electron chi connectivity index (χ2n) is 6.52. The predicted molar refractivity (Wildman–Crippen MR) is 115 cm³/mol. The molecule has 0 fully saturated rings. The van der Waals surface area contributed by atoms with Crippen LogP contribution in [0.2, 0.25) is 0 Å². The fraction of sp³-hybridized carbons (Fsp3) is 0. The molecule has 3 aromatic carbocycles. The molecular formula is C22H16N4O4. The van der Waals surface area contributed by atoms with E-state index in [9.17, 15) is 19.7 Å². The van der Waals surface area contributed by atoms with Crippen molar-refractivity contribution in [3.8, 4) is 0 Å². The Bertz CT molecular complexity index is 1170. The normalized spacial score (nSPS) is 13.8. The average molecular weight is 400 g/mol. The number of carbonyl (C=O) groups is 2. The molecule has 0 aliphatic carbocycles. The Labute approximate surface area is 171 Å². The van der Waals surface area contributed by atoms with Crippen molar-refractivity contribution in [3.05, 3.63) is 94.0 Å². The number of nitro benzene ring substituents is 1. The van der Waals surface area contributed by atoms with Gasteiger partial charge in [0, 0.05) is 34.8 Å². The van der Waals surface area contributed by atoms with Gasteiger partial charge in [0.2, 0.25) is 6.41 Å². The molecule has 0 bridgehead atoms. The van der Waals surface area contributed by atoms with Crippen molar-refractivity contribution < 1.29 is 14.5 Å². The summed E-state index contributed by atoms with van der Waals surface area (Å²) in [4.78, 5) is 34.2. The molecule has 0 aromatic heterocycles. The van der Waals surface area contributed by atoms with E-state index in [1.54, 1.807) is 24.3 Å². The number of carbonyl (C=O) groups excluding carboxylic acids is 2. The number of nitro groups is 1. The van der Waals surface area contributed by atoms with E-state index in [1.807, 2.05) is 30.3 Å². The molecule has 0 spiro atoms. The van der Waals surface area contributed by atoms with Gasteiger partial charge in [0.25, 0.3) is 11.6 Å². The van der Waals surface area contributed by atoms with Crippen molar-refractivity contribution in [3.63, 3.8) is 0 Å². The number of hydrogen-bond acceptors (Lipinski definition) is 5. The Morgan fingerprint density at radius 3 is 2.33 bits per heavy atom. The smallest absolute Gasteiger partial charge is 0.270 e. The van der Waals surface area contributed by atoms with Gasteiger partial charge in [0.1, 0.15) is 0 Å². The Balaban J connectivity index is 1.85. The molecule has 8 heteroatoms. The first-order valence-corrected chi connectivity index (χ1v) is 9.04. The van der Waals surface area contributed by atoms with Crippen LogP contribution in [0.25, 0.3) is 11.3 Å². The fourth-order valence-electron chi connectivity index (χ4n) is 3.26. The highest BCUT2D eigenvalue weighted by molar-refractivity contribution is 6.37. The second-order valence-corrected chi connectivity index (χ2v) is 6.52. The highest BCUT2D eigenvalue weighted by atomic mass is 16.6. The third-order valence-corrected chi connectivity index (χ3v) is 4.65. The number of rotatable bonds is 6. The number of nitrogens with zero attached hydrogens (tertiary/aromatic N) is 1. The maximum Gasteiger partial charge on any atom is 0.270 e. The number of fused-ring (bicyclic) bond motifs is 1. The summed E-state index contributed by atoms with van der Waals surface area (Å²) in [6, 6.07) is 20.5. The first-order chi connectivity index (χ1) is 14.6. The molecule has 0 saturated carbocycles. The first-order valence-electron chi connectivity index (χ1n) is 9.04.